The number of hydrogen-bond acceptors (Lipinski definition) is 7. The molecule has 5 rings (SSSR count). The second-order valence-corrected chi connectivity index (χ2v) is 14.0. The number of thioether (sulfide) groups is 1. The molecule has 5 aromatic rings. The van der Waals surface area contributed by atoms with Crippen molar-refractivity contribution in [1.29, 1.82) is 0 Å². The van der Waals surface area contributed by atoms with Gasteiger partial charge in [0, 0.05) is 20.4 Å². The average molecular weight is 667 g/mol. The number of ether oxygens (including phenoxy) is 1. The number of carboxylic acid groups (broad SMARTS) is 1. The number of carboxylic acids is 1. The van der Waals surface area contributed by atoms with Gasteiger partial charge in [-0.25, -0.2) is 4.79 Å². The van der Waals surface area contributed by atoms with Crippen LogP contribution in [0.15, 0.2) is 101 Å². The van der Waals surface area contributed by atoms with Crippen LogP contribution in [-0.2, 0) is 4.79 Å². The Bertz CT molecular complexity index is 1810. The molecule has 1 N–H and O–H groups in total. The Kier molecular flexibility index (Phi) is 10.7. The van der Waals surface area contributed by atoms with Crippen LogP contribution in [0.5, 0.6) is 5.75 Å². The Morgan fingerprint density at radius 1 is 0.739 bits per heavy atom. The summed E-state index contributed by atoms with van der Waals surface area (Å²) < 4.78 is 5.41. The largest absolute Gasteiger partial charge is 0.482 e. The third kappa shape index (κ3) is 7.94. The number of ketones is 2. The molecule has 0 unspecified atom stereocenters. The summed E-state index contributed by atoms with van der Waals surface area (Å²) in [5.74, 6) is 0.482. The minimum Gasteiger partial charge on any atom is -0.482 e. The fourth-order valence-corrected chi connectivity index (χ4v) is 8.00. The summed E-state index contributed by atoms with van der Waals surface area (Å²) in [4.78, 5) is 39.4. The molecule has 0 aliphatic heterocycles. The minimum atomic E-state index is -1.00. The van der Waals surface area contributed by atoms with Gasteiger partial charge in [-0.05, 0) is 103 Å². The molecule has 0 bridgehead atoms. The van der Waals surface area contributed by atoms with E-state index in [2.05, 4.69) is 55.5 Å². The van der Waals surface area contributed by atoms with Crippen LogP contribution in [-0.4, -0.2) is 35.0 Å². The Balaban J connectivity index is 1.48. The van der Waals surface area contributed by atoms with Crippen molar-refractivity contribution >= 4 is 57.5 Å². The minimum absolute atomic E-state index is 0.0734. The summed E-state index contributed by atoms with van der Waals surface area (Å²) in [5, 5.41) is 8.96. The van der Waals surface area contributed by atoms with E-state index in [1.807, 2.05) is 49.4 Å². The van der Waals surface area contributed by atoms with Crippen molar-refractivity contribution in [2.24, 2.45) is 0 Å². The lowest BCUT2D eigenvalue weighted by molar-refractivity contribution is -0.139. The summed E-state index contributed by atoms with van der Waals surface area (Å²) in [6, 6.07) is 30.7. The first kappa shape index (κ1) is 33.1. The van der Waals surface area contributed by atoms with Crippen LogP contribution < -0.4 is 4.74 Å². The molecule has 3 aromatic carbocycles. The van der Waals surface area contributed by atoms with Gasteiger partial charge in [-0.3, -0.25) is 9.59 Å². The highest BCUT2D eigenvalue weighted by Crippen LogP contribution is 2.37. The maximum absolute atomic E-state index is 11.9. The summed E-state index contributed by atoms with van der Waals surface area (Å²) in [6.45, 7) is 6.92. The van der Waals surface area contributed by atoms with E-state index < -0.39 is 5.97 Å². The Hall–Kier alpha value is -4.24. The fraction of sp³-hybridized carbons (Fsp3) is 0.184. The van der Waals surface area contributed by atoms with Crippen molar-refractivity contribution in [3.8, 4) is 26.6 Å². The van der Waals surface area contributed by atoms with Gasteiger partial charge < -0.3 is 9.84 Å². The highest BCUT2D eigenvalue weighted by atomic mass is 32.2. The highest BCUT2D eigenvalue weighted by Gasteiger charge is 2.15. The van der Waals surface area contributed by atoms with Crippen LogP contribution in [0.4, 0.5) is 0 Å². The first-order valence-corrected chi connectivity index (χ1v) is 17.5. The molecule has 0 saturated carbocycles. The maximum atomic E-state index is 11.9. The van der Waals surface area contributed by atoms with Crippen LogP contribution in [0.3, 0.4) is 0 Å². The number of aryl methyl sites for hydroxylation is 1. The lowest BCUT2D eigenvalue weighted by Gasteiger charge is -2.17. The summed E-state index contributed by atoms with van der Waals surface area (Å²) >= 11 is 4.75. The van der Waals surface area contributed by atoms with E-state index in [4.69, 9.17) is 9.84 Å². The molecule has 8 heteroatoms. The van der Waals surface area contributed by atoms with E-state index in [9.17, 15) is 14.4 Å². The second-order valence-electron chi connectivity index (χ2n) is 10.8. The summed E-state index contributed by atoms with van der Waals surface area (Å²) in [6.07, 6.45) is 0.852. The normalized spacial score (nSPS) is 10.9. The van der Waals surface area contributed by atoms with E-state index in [0.29, 0.717) is 5.75 Å². The fourth-order valence-electron chi connectivity index (χ4n) is 5.08. The van der Waals surface area contributed by atoms with Crippen LogP contribution >= 0.6 is 34.4 Å². The SMILES string of the molecule is CCC(CSc1ccc(OCC(=O)O)c(C)c1)=C(c1ccc(-c2ccc(C(C)=O)s2)cc1)c1ccc(-c2ccc(C(C)=O)s2)cc1. The van der Waals surface area contributed by atoms with Gasteiger partial charge in [-0.15, -0.1) is 34.4 Å². The zero-order chi connectivity index (χ0) is 32.8. The van der Waals surface area contributed by atoms with Gasteiger partial charge in [-0.2, -0.15) is 0 Å². The van der Waals surface area contributed by atoms with E-state index in [-0.39, 0.29) is 18.2 Å². The maximum Gasteiger partial charge on any atom is 0.341 e. The molecule has 2 heterocycles. The van der Waals surface area contributed by atoms with Crippen molar-refractivity contribution in [2.45, 2.75) is 39.0 Å². The van der Waals surface area contributed by atoms with Gasteiger partial charge in [0.25, 0.3) is 0 Å². The van der Waals surface area contributed by atoms with Crippen LogP contribution in [0.25, 0.3) is 26.5 Å². The number of benzene rings is 3. The van der Waals surface area contributed by atoms with Crippen molar-refractivity contribution in [3.63, 3.8) is 0 Å². The Morgan fingerprint density at radius 3 is 1.67 bits per heavy atom. The smallest absolute Gasteiger partial charge is 0.341 e. The Labute approximate surface area is 281 Å². The molecule has 0 aliphatic rings. The predicted octanol–water partition coefficient (Wildman–Crippen LogP) is 10.3. The number of aliphatic carboxylic acids is 1. The van der Waals surface area contributed by atoms with Crippen molar-refractivity contribution in [2.75, 3.05) is 12.4 Å². The predicted molar refractivity (Wildman–Crippen MR) is 191 cm³/mol. The molecule has 0 spiro atoms. The topological polar surface area (TPSA) is 80.7 Å². The van der Waals surface area contributed by atoms with Gasteiger partial charge in [-0.1, -0.05) is 61.0 Å². The zero-order valence-electron chi connectivity index (χ0n) is 26.1. The van der Waals surface area contributed by atoms with Gasteiger partial charge in [0.05, 0.1) is 9.75 Å². The molecule has 5 nitrogen and oxygen atoms in total. The molecular weight excluding hydrogens is 633 g/mol. The quantitative estimate of drug-likeness (QED) is 0.0995. The molecule has 2 aromatic heterocycles. The van der Waals surface area contributed by atoms with Gasteiger partial charge >= 0.3 is 5.97 Å². The van der Waals surface area contributed by atoms with Gasteiger partial charge in [0.15, 0.2) is 18.2 Å². The van der Waals surface area contributed by atoms with Crippen molar-refractivity contribution in [3.05, 3.63) is 123 Å². The third-order valence-electron chi connectivity index (χ3n) is 7.51. The Morgan fingerprint density at radius 2 is 1.26 bits per heavy atom. The number of Topliss-reactive ketones (excluding diaryl/α,β-unsaturated/α-hetero) is 2. The van der Waals surface area contributed by atoms with Crippen LogP contribution in [0.2, 0.25) is 0 Å². The zero-order valence-corrected chi connectivity index (χ0v) is 28.5. The van der Waals surface area contributed by atoms with Crippen molar-refractivity contribution in [1.82, 2.24) is 0 Å². The number of carbonyl (C=O) groups is 3. The molecule has 0 atom stereocenters. The number of rotatable bonds is 13. The molecule has 0 radical (unpaired) electrons. The van der Waals surface area contributed by atoms with E-state index >= 15 is 0 Å². The van der Waals surface area contributed by atoms with E-state index in [0.717, 1.165) is 64.4 Å². The monoisotopic (exact) mass is 666 g/mol. The molecule has 0 fully saturated rings. The molecular formula is C38H34O5S3. The number of hydrogen-bond donors (Lipinski definition) is 1. The standard InChI is InChI=1S/C38H34O5S3/c1-5-26(22-44-31-14-15-32(23(2)20-31)43-21-37(41)42)38(29-10-6-27(7-11-29)35-18-16-33(45-35)24(3)39)30-12-8-28(9-13-30)36-19-17-34(46-36)25(4)40/h6-20H,5,21-22H2,1-4H3,(H,41,42). The lowest BCUT2D eigenvalue weighted by Crippen LogP contribution is -2.10. The molecule has 0 amide bonds. The molecule has 234 valence electrons. The third-order valence-corrected chi connectivity index (χ3v) is 11.1. The lowest BCUT2D eigenvalue weighted by atomic mass is 9.91. The summed E-state index contributed by atoms with van der Waals surface area (Å²) in [5.41, 5.74) is 7.73. The van der Waals surface area contributed by atoms with E-state index in [1.165, 1.54) is 33.8 Å². The first-order chi connectivity index (χ1) is 22.1. The second kappa shape index (κ2) is 14.9. The number of carbonyl (C=O) groups excluding carboxylic acids is 2. The molecule has 0 saturated heterocycles. The first-order valence-electron chi connectivity index (χ1n) is 14.9. The van der Waals surface area contributed by atoms with Crippen LogP contribution in [0.1, 0.15) is 63.2 Å². The van der Waals surface area contributed by atoms with E-state index in [1.54, 1.807) is 25.6 Å². The van der Waals surface area contributed by atoms with Crippen molar-refractivity contribution < 1.29 is 24.2 Å². The number of thiophene rings is 2. The van der Waals surface area contributed by atoms with Gasteiger partial charge in [0.2, 0.25) is 0 Å². The highest BCUT2D eigenvalue weighted by molar-refractivity contribution is 7.99. The van der Waals surface area contributed by atoms with Crippen LogP contribution in [0, 0.1) is 6.92 Å². The molecule has 0 aliphatic carbocycles. The average Bonchev–Trinajstić information content (AvgIpc) is 3.74. The molecule has 46 heavy (non-hydrogen) atoms. The summed E-state index contributed by atoms with van der Waals surface area (Å²) in [7, 11) is 0. The van der Waals surface area contributed by atoms with Gasteiger partial charge in [0.1, 0.15) is 5.75 Å².